The lowest BCUT2D eigenvalue weighted by Gasteiger charge is -2.34. The number of carbonyl (C=O) groups is 1. The number of benzene rings is 1. The molecule has 1 aliphatic rings. The third kappa shape index (κ3) is 4.13. The van der Waals surface area contributed by atoms with Gasteiger partial charge in [0.25, 0.3) is 0 Å². The average Bonchev–Trinajstić information content (AvgIpc) is 2.50. The maximum absolute atomic E-state index is 12.3. The number of likely N-dealkylation sites (tertiary alicyclic amines) is 1. The molecular formula is C17H26N2O3. The minimum Gasteiger partial charge on any atom is -0.494 e. The first kappa shape index (κ1) is 16.6. The van der Waals surface area contributed by atoms with Gasteiger partial charge in [0.05, 0.1) is 12.7 Å². The predicted octanol–water partition coefficient (Wildman–Crippen LogP) is 3.02. The molecule has 1 fully saturated rings. The van der Waals surface area contributed by atoms with Crippen molar-refractivity contribution in [2.24, 2.45) is 5.92 Å². The maximum atomic E-state index is 12.3. The normalized spacial score (nSPS) is 21.5. The van der Waals surface area contributed by atoms with Gasteiger partial charge < -0.3 is 20.1 Å². The summed E-state index contributed by atoms with van der Waals surface area (Å²) in [6.45, 7) is 7.79. The summed E-state index contributed by atoms with van der Waals surface area (Å²) in [5.41, 5.74) is 1.75. The lowest BCUT2D eigenvalue weighted by atomic mass is 9.96. The van der Waals surface area contributed by atoms with Crippen LogP contribution in [-0.4, -0.2) is 41.8 Å². The second-order valence-corrected chi connectivity index (χ2v) is 6.03. The number of ether oxygens (including phenoxy) is 1. The first-order valence-electron chi connectivity index (χ1n) is 7.98. The van der Waals surface area contributed by atoms with E-state index in [2.05, 4.69) is 12.2 Å². The van der Waals surface area contributed by atoms with E-state index in [1.54, 1.807) is 4.90 Å². The fourth-order valence-electron chi connectivity index (χ4n) is 2.51. The smallest absolute Gasteiger partial charge is 0.321 e. The molecule has 5 heteroatoms. The second-order valence-electron chi connectivity index (χ2n) is 6.03. The molecule has 0 aliphatic carbocycles. The van der Waals surface area contributed by atoms with Gasteiger partial charge in [-0.1, -0.05) is 13.8 Å². The molecule has 2 amide bonds. The molecule has 2 unspecified atom stereocenters. The van der Waals surface area contributed by atoms with Crippen molar-refractivity contribution in [3.05, 3.63) is 23.8 Å². The molecule has 0 bridgehead atoms. The number of amides is 2. The van der Waals surface area contributed by atoms with Gasteiger partial charge >= 0.3 is 6.03 Å². The Morgan fingerprint density at radius 2 is 2.27 bits per heavy atom. The third-order valence-corrected chi connectivity index (χ3v) is 4.12. The van der Waals surface area contributed by atoms with Crippen LogP contribution >= 0.6 is 0 Å². The SMILES string of the molecule is CCCOc1ccc(NC(=O)N2CCC(C)C(O)C2)c(C)c1. The van der Waals surface area contributed by atoms with Crippen molar-refractivity contribution in [2.75, 3.05) is 25.0 Å². The van der Waals surface area contributed by atoms with Crippen molar-refractivity contribution < 1.29 is 14.6 Å². The van der Waals surface area contributed by atoms with E-state index in [9.17, 15) is 9.90 Å². The molecule has 0 spiro atoms. The van der Waals surface area contributed by atoms with Gasteiger partial charge in [-0.05, 0) is 49.4 Å². The number of anilines is 1. The van der Waals surface area contributed by atoms with Crippen LogP contribution in [-0.2, 0) is 0 Å². The van der Waals surface area contributed by atoms with Gasteiger partial charge in [-0.3, -0.25) is 0 Å². The van der Waals surface area contributed by atoms with Crippen molar-refractivity contribution in [3.8, 4) is 5.75 Å². The van der Waals surface area contributed by atoms with Crippen molar-refractivity contribution in [2.45, 2.75) is 39.7 Å². The van der Waals surface area contributed by atoms with Gasteiger partial charge in [0.15, 0.2) is 0 Å². The third-order valence-electron chi connectivity index (χ3n) is 4.12. The fourth-order valence-corrected chi connectivity index (χ4v) is 2.51. The van der Waals surface area contributed by atoms with Gasteiger partial charge in [-0.15, -0.1) is 0 Å². The number of carbonyl (C=O) groups excluding carboxylic acids is 1. The zero-order valence-electron chi connectivity index (χ0n) is 13.6. The van der Waals surface area contributed by atoms with Crippen LogP contribution in [0.1, 0.15) is 32.3 Å². The number of β-amino-alcohol motifs (C(OH)–C–C–N with tert-alkyl or cyclic N) is 1. The van der Waals surface area contributed by atoms with Crippen LogP contribution in [0, 0.1) is 12.8 Å². The Hall–Kier alpha value is -1.75. The summed E-state index contributed by atoms with van der Waals surface area (Å²) in [6, 6.07) is 5.50. The number of hydrogen-bond acceptors (Lipinski definition) is 3. The Balaban J connectivity index is 1.96. The Labute approximate surface area is 132 Å². The van der Waals surface area contributed by atoms with Crippen LogP contribution < -0.4 is 10.1 Å². The molecule has 2 N–H and O–H groups in total. The van der Waals surface area contributed by atoms with Gasteiger partial charge in [0, 0.05) is 18.8 Å². The van der Waals surface area contributed by atoms with Crippen LogP contribution in [0.4, 0.5) is 10.5 Å². The zero-order chi connectivity index (χ0) is 16.1. The first-order chi connectivity index (χ1) is 10.5. The largest absolute Gasteiger partial charge is 0.494 e. The Morgan fingerprint density at radius 1 is 1.50 bits per heavy atom. The summed E-state index contributed by atoms with van der Waals surface area (Å²) in [7, 11) is 0. The Bertz CT molecular complexity index is 519. The minimum atomic E-state index is -0.439. The molecular weight excluding hydrogens is 280 g/mol. The van der Waals surface area contributed by atoms with Crippen molar-refractivity contribution in [1.82, 2.24) is 4.90 Å². The minimum absolute atomic E-state index is 0.156. The summed E-state index contributed by atoms with van der Waals surface area (Å²) in [4.78, 5) is 14.0. The van der Waals surface area contributed by atoms with E-state index >= 15 is 0 Å². The quantitative estimate of drug-likeness (QED) is 0.899. The highest BCUT2D eigenvalue weighted by Gasteiger charge is 2.27. The number of urea groups is 1. The summed E-state index contributed by atoms with van der Waals surface area (Å²) in [5, 5.41) is 12.8. The van der Waals surface area contributed by atoms with Gasteiger partial charge in [-0.2, -0.15) is 0 Å². The lowest BCUT2D eigenvalue weighted by molar-refractivity contribution is 0.0464. The molecule has 122 valence electrons. The summed E-state index contributed by atoms with van der Waals surface area (Å²) in [5.74, 6) is 1.07. The number of aliphatic hydroxyl groups excluding tert-OH is 1. The highest BCUT2D eigenvalue weighted by molar-refractivity contribution is 5.90. The van der Waals surface area contributed by atoms with Crippen LogP contribution in [0.5, 0.6) is 5.75 Å². The predicted molar refractivity (Wildman–Crippen MR) is 87.3 cm³/mol. The van der Waals surface area contributed by atoms with Gasteiger partial charge in [0.2, 0.25) is 0 Å². The highest BCUT2D eigenvalue weighted by atomic mass is 16.5. The molecule has 0 radical (unpaired) electrons. The van der Waals surface area contributed by atoms with Crippen molar-refractivity contribution in [3.63, 3.8) is 0 Å². The van der Waals surface area contributed by atoms with E-state index < -0.39 is 6.10 Å². The number of nitrogens with one attached hydrogen (secondary N) is 1. The van der Waals surface area contributed by atoms with E-state index in [0.29, 0.717) is 19.7 Å². The lowest BCUT2D eigenvalue weighted by Crippen LogP contribution is -2.47. The maximum Gasteiger partial charge on any atom is 0.321 e. The monoisotopic (exact) mass is 306 g/mol. The number of aliphatic hydroxyl groups is 1. The summed E-state index contributed by atoms with van der Waals surface area (Å²) >= 11 is 0. The Kier molecular flexibility index (Phi) is 5.66. The van der Waals surface area contributed by atoms with Crippen molar-refractivity contribution >= 4 is 11.7 Å². The van der Waals surface area contributed by atoms with Crippen LogP contribution in [0.25, 0.3) is 0 Å². The number of hydrogen-bond donors (Lipinski definition) is 2. The van der Waals surface area contributed by atoms with Crippen LogP contribution in [0.2, 0.25) is 0 Å². The van der Waals surface area contributed by atoms with E-state index in [1.165, 1.54) is 0 Å². The standard InChI is InChI=1S/C17H26N2O3/c1-4-9-22-14-5-6-15(13(3)10-14)18-17(21)19-8-7-12(2)16(20)11-19/h5-6,10,12,16,20H,4,7-9,11H2,1-3H3,(H,18,21). The molecule has 2 rings (SSSR count). The van der Waals surface area contributed by atoms with E-state index in [-0.39, 0.29) is 11.9 Å². The van der Waals surface area contributed by atoms with Gasteiger partial charge in [0.1, 0.15) is 5.75 Å². The van der Waals surface area contributed by atoms with E-state index in [1.807, 2.05) is 32.0 Å². The van der Waals surface area contributed by atoms with Gasteiger partial charge in [-0.25, -0.2) is 4.79 Å². The summed E-state index contributed by atoms with van der Waals surface area (Å²) in [6.07, 6.45) is 1.36. The molecule has 1 heterocycles. The van der Waals surface area contributed by atoms with E-state index in [4.69, 9.17) is 4.74 Å². The molecule has 5 nitrogen and oxygen atoms in total. The fraction of sp³-hybridized carbons (Fsp3) is 0.588. The topological polar surface area (TPSA) is 61.8 Å². The van der Waals surface area contributed by atoms with Crippen LogP contribution in [0.3, 0.4) is 0 Å². The number of piperidine rings is 1. The summed E-state index contributed by atoms with van der Waals surface area (Å²) < 4.78 is 5.58. The number of nitrogens with zero attached hydrogens (tertiary/aromatic N) is 1. The molecule has 0 aromatic heterocycles. The van der Waals surface area contributed by atoms with Crippen molar-refractivity contribution in [1.29, 1.82) is 0 Å². The molecule has 1 aromatic carbocycles. The van der Waals surface area contributed by atoms with Crippen LogP contribution in [0.15, 0.2) is 18.2 Å². The molecule has 1 aromatic rings. The molecule has 0 saturated carbocycles. The highest BCUT2D eigenvalue weighted by Crippen LogP contribution is 2.23. The second kappa shape index (κ2) is 7.49. The number of rotatable bonds is 4. The first-order valence-corrected chi connectivity index (χ1v) is 7.98. The van der Waals surface area contributed by atoms with E-state index in [0.717, 1.165) is 29.8 Å². The zero-order valence-corrected chi connectivity index (χ0v) is 13.6. The molecule has 2 atom stereocenters. The molecule has 1 saturated heterocycles. The molecule has 1 aliphatic heterocycles. The average molecular weight is 306 g/mol. The molecule has 22 heavy (non-hydrogen) atoms. The number of aryl methyl sites for hydroxylation is 1. The Morgan fingerprint density at radius 3 is 2.91 bits per heavy atom.